The first-order valence-electron chi connectivity index (χ1n) is 8.33. The summed E-state index contributed by atoms with van der Waals surface area (Å²) in [5, 5.41) is 13.1. The van der Waals surface area contributed by atoms with E-state index in [2.05, 4.69) is 10.3 Å². The standard InChI is InChI=1S/C17H25ClN4O3/c1-17(2,3)22(16(24)25)12-6-4-11(5-7-12)21-15-13(18)8-10(9-20-15)14(19)23/h8-9,11-12H,4-7H2,1-3H3,(H2,19,23)(H,20,21)(H,24,25)/t11-,12-. The lowest BCUT2D eigenvalue weighted by Gasteiger charge is -2.42. The van der Waals surface area contributed by atoms with Crippen LogP contribution in [0.1, 0.15) is 56.8 Å². The molecule has 0 spiro atoms. The molecule has 0 bridgehead atoms. The second-order valence-electron chi connectivity index (χ2n) is 7.39. The molecule has 1 saturated carbocycles. The van der Waals surface area contributed by atoms with Crippen molar-refractivity contribution in [1.29, 1.82) is 0 Å². The Morgan fingerprint density at radius 2 is 1.92 bits per heavy atom. The van der Waals surface area contributed by atoms with Gasteiger partial charge in [0, 0.05) is 23.8 Å². The average molecular weight is 369 g/mol. The summed E-state index contributed by atoms with van der Waals surface area (Å²) in [5.41, 5.74) is 5.05. The minimum Gasteiger partial charge on any atom is -0.465 e. The van der Waals surface area contributed by atoms with Crippen molar-refractivity contribution in [2.75, 3.05) is 5.32 Å². The summed E-state index contributed by atoms with van der Waals surface area (Å²) < 4.78 is 0. The zero-order chi connectivity index (χ0) is 18.8. The molecule has 0 atom stereocenters. The molecule has 1 aliphatic rings. The van der Waals surface area contributed by atoms with Gasteiger partial charge in [0.05, 0.1) is 10.6 Å². The van der Waals surface area contributed by atoms with E-state index in [1.54, 1.807) is 4.90 Å². The van der Waals surface area contributed by atoms with Crippen molar-refractivity contribution in [3.05, 3.63) is 22.8 Å². The van der Waals surface area contributed by atoms with Gasteiger partial charge in [-0.05, 0) is 52.5 Å². The monoisotopic (exact) mass is 368 g/mol. The van der Waals surface area contributed by atoms with Crippen molar-refractivity contribution in [3.8, 4) is 0 Å². The number of nitrogens with two attached hydrogens (primary N) is 1. The molecule has 8 heteroatoms. The smallest absolute Gasteiger partial charge is 0.407 e. The third-order valence-corrected chi connectivity index (χ3v) is 4.75. The number of pyridine rings is 1. The Morgan fingerprint density at radius 3 is 2.36 bits per heavy atom. The Morgan fingerprint density at radius 1 is 1.32 bits per heavy atom. The summed E-state index contributed by atoms with van der Waals surface area (Å²) in [4.78, 5) is 28.5. The molecule has 1 aromatic heterocycles. The maximum Gasteiger partial charge on any atom is 0.407 e. The summed E-state index contributed by atoms with van der Waals surface area (Å²) >= 11 is 6.15. The van der Waals surface area contributed by atoms with Crippen molar-refractivity contribution in [1.82, 2.24) is 9.88 Å². The van der Waals surface area contributed by atoms with Gasteiger partial charge in [-0.1, -0.05) is 11.6 Å². The predicted molar refractivity (Wildman–Crippen MR) is 97.0 cm³/mol. The number of carbonyl (C=O) groups is 2. The maximum atomic E-state index is 11.6. The largest absolute Gasteiger partial charge is 0.465 e. The molecule has 1 aliphatic carbocycles. The maximum absolute atomic E-state index is 11.6. The van der Waals surface area contributed by atoms with Gasteiger partial charge in [0.1, 0.15) is 5.82 Å². The van der Waals surface area contributed by atoms with Gasteiger partial charge in [0.15, 0.2) is 0 Å². The van der Waals surface area contributed by atoms with Gasteiger partial charge in [0.25, 0.3) is 0 Å². The normalized spacial score (nSPS) is 20.8. The zero-order valence-electron chi connectivity index (χ0n) is 14.8. The molecule has 0 radical (unpaired) electrons. The molecule has 1 heterocycles. The van der Waals surface area contributed by atoms with Crippen LogP contribution in [0.4, 0.5) is 10.6 Å². The average Bonchev–Trinajstić information content (AvgIpc) is 2.49. The third-order valence-electron chi connectivity index (χ3n) is 4.46. The Hall–Kier alpha value is -2.02. The van der Waals surface area contributed by atoms with Gasteiger partial charge in [0.2, 0.25) is 5.91 Å². The molecular weight excluding hydrogens is 344 g/mol. The number of nitrogens with zero attached hydrogens (tertiary/aromatic N) is 2. The van der Waals surface area contributed by atoms with Crippen molar-refractivity contribution in [3.63, 3.8) is 0 Å². The Balaban J connectivity index is 1.99. The molecule has 1 aromatic rings. The molecule has 2 rings (SSSR count). The van der Waals surface area contributed by atoms with E-state index >= 15 is 0 Å². The van der Waals surface area contributed by atoms with E-state index in [1.165, 1.54) is 12.3 Å². The molecule has 25 heavy (non-hydrogen) atoms. The number of carboxylic acid groups (broad SMARTS) is 1. The van der Waals surface area contributed by atoms with Crippen LogP contribution in [0.2, 0.25) is 5.02 Å². The Kier molecular flexibility index (Phi) is 5.77. The SMILES string of the molecule is CC(C)(C)N(C(=O)O)[C@H]1CC[C@H](Nc2ncc(C(N)=O)cc2Cl)CC1. The number of primary amides is 1. The number of aromatic nitrogens is 1. The highest BCUT2D eigenvalue weighted by molar-refractivity contribution is 6.33. The van der Waals surface area contributed by atoms with E-state index in [1.807, 2.05) is 20.8 Å². The summed E-state index contributed by atoms with van der Waals surface area (Å²) in [6.07, 6.45) is 3.71. The van der Waals surface area contributed by atoms with Gasteiger partial charge in [-0.15, -0.1) is 0 Å². The number of halogens is 1. The quantitative estimate of drug-likeness (QED) is 0.755. The van der Waals surface area contributed by atoms with Crippen LogP contribution < -0.4 is 11.1 Å². The molecule has 0 unspecified atom stereocenters. The summed E-state index contributed by atoms with van der Waals surface area (Å²) in [5.74, 6) is -0.0570. The van der Waals surface area contributed by atoms with E-state index in [0.29, 0.717) is 10.8 Å². The van der Waals surface area contributed by atoms with Crippen LogP contribution in [0.25, 0.3) is 0 Å². The van der Waals surface area contributed by atoms with Crippen LogP contribution in [-0.2, 0) is 0 Å². The fourth-order valence-electron chi connectivity index (χ4n) is 3.34. The molecular formula is C17H25ClN4O3. The fourth-order valence-corrected chi connectivity index (χ4v) is 3.56. The van der Waals surface area contributed by atoms with E-state index in [4.69, 9.17) is 17.3 Å². The lowest BCUT2D eigenvalue weighted by atomic mass is 9.88. The molecule has 2 amide bonds. The second-order valence-corrected chi connectivity index (χ2v) is 7.80. The van der Waals surface area contributed by atoms with Gasteiger partial charge < -0.3 is 21.1 Å². The highest BCUT2D eigenvalue weighted by Crippen LogP contribution is 2.31. The van der Waals surface area contributed by atoms with E-state index in [-0.39, 0.29) is 17.6 Å². The molecule has 138 valence electrons. The molecule has 0 saturated heterocycles. The number of carbonyl (C=O) groups excluding carboxylic acids is 1. The summed E-state index contributed by atoms with van der Waals surface area (Å²) in [6, 6.07) is 1.67. The molecule has 0 aliphatic heterocycles. The van der Waals surface area contributed by atoms with Gasteiger partial charge >= 0.3 is 6.09 Å². The van der Waals surface area contributed by atoms with Crippen LogP contribution >= 0.6 is 11.6 Å². The number of amides is 2. The number of nitrogens with one attached hydrogen (secondary N) is 1. The topological polar surface area (TPSA) is 109 Å². The number of rotatable bonds is 4. The minimum absolute atomic E-state index is 0.0104. The third kappa shape index (κ3) is 4.75. The first-order valence-corrected chi connectivity index (χ1v) is 8.71. The van der Waals surface area contributed by atoms with E-state index in [0.717, 1.165) is 25.7 Å². The van der Waals surface area contributed by atoms with Gasteiger partial charge in [-0.3, -0.25) is 4.79 Å². The van der Waals surface area contributed by atoms with Gasteiger partial charge in [-0.25, -0.2) is 9.78 Å². The first kappa shape index (κ1) is 19.3. The molecule has 4 N–H and O–H groups in total. The van der Waals surface area contributed by atoms with Gasteiger partial charge in [-0.2, -0.15) is 0 Å². The fraction of sp³-hybridized carbons (Fsp3) is 0.588. The van der Waals surface area contributed by atoms with Crippen molar-refractivity contribution >= 4 is 29.4 Å². The van der Waals surface area contributed by atoms with Crippen LogP contribution in [0.3, 0.4) is 0 Å². The lowest BCUT2D eigenvalue weighted by Crippen LogP contribution is -2.52. The van der Waals surface area contributed by atoms with E-state index in [9.17, 15) is 14.7 Å². The highest BCUT2D eigenvalue weighted by Gasteiger charge is 2.35. The Bertz CT molecular complexity index is 652. The second kappa shape index (κ2) is 7.47. The zero-order valence-corrected chi connectivity index (χ0v) is 15.5. The minimum atomic E-state index is -0.879. The first-order chi connectivity index (χ1) is 11.6. The molecule has 1 fully saturated rings. The summed E-state index contributed by atoms with van der Waals surface area (Å²) in [7, 11) is 0. The van der Waals surface area contributed by atoms with Crippen molar-refractivity contribution < 1.29 is 14.7 Å². The van der Waals surface area contributed by atoms with E-state index < -0.39 is 17.5 Å². The molecule has 0 aromatic carbocycles. The van der Waals surface area contributed by atoms with Crippen molar-refractivity contribution in [2.24, 2.45) is 5.73 Å². The number of anilines is 1. The Labute approximate surface area is 152 Å². The predicted octanol–water partition coefficient (Wildman–Crippen LogP) is 3.34. The number of hydrogen-bond acceptors (Lipinski definition) is 4. The van der Waals surface area contributed by atoms with Crippen LogP contribution in [0, 0.1) is 0 Å². The highest BCUT2D eigenvalue weighted by atomic mass is 35.5. The van der Waals surface area contributed by atoms with Crippen LogP contribution in [0.5, 0.6) is 0 Å². The number of hydrogen-bond donors (Lipinski definition) is 3. The summed E-state index contributed by atoms with van der Waals surface area (Å²) in [6.45, 7) is 5.74. The van der Waals surface area contributed by atoms with Crippen molar-refractivity contribution in [2.45, 2.75) is 64.1 Å². The molecule has 7 nitrogen and oxygen atoms in total. The lowest BCUT2D eigenvalue weighted by molar-refractivity contribution is 0.0556. The van der Waals surface area contributed by atoms with Crippen LogP contribution in [-0.4, -0.2) is 44.6 Å². The van der Waals surface area contributed by atoms with Crippen LogP contribution in [0.15, 0.2) is 12.3 Å².